The second kappa shape index (κ2) is 3.24. The largest absolute Gasteiger partial charge is 0.378 e. The van der Waals surface area contributed by atoms with E-state index in [1.165, 1.54) is 5.56 Å². The topological polar surface area (TPSA) is 3.24 Å². The first-order valence-corrected chi connectivity index (χ1v) is 3.63. The minimum atomic E-state index is 1.05. The van der Waals surface area contributed by atoms with Crippen molar-refractivity contribution in [2.45, 2.75) is 0 Å². The zero-order valence-electron chi connectivity index (χ0n) is 7.04. The van der Waals surface area contributed by atoms with Gasteiger partial charge in [0.2, 0.25) is 0 Å². The summed E-state index contributed by atoms with van der Waals surface area (Å²) in [5, 5.41) is 0. The molecule has 1 heteroatoms. The fraction of sp³-hybridized carbons (Fsp3) is 0.200. The molecule has 11 heavy (non-hydrogen) atoms. The van der Waals surface area contributed by atoms with Crippen LogP contribution in [0.2, 0.25) is 0 Å². The Kier molecular flexibility index (Phi) is 2.32. The van der Waals surface area contributed by atoms with Crippen molar-refractivity contribution in [2.24, 2.45) is 0 Å². The predicted octanol–water partition coefficient (Wildman–Crippen LogP) is 2.22. The highest BCUT2D eigenvalue weighted by atomic mass is 15.1. The van der Waals surface area contributed by atoms with E-state index in [1.807, 2.05) is 37.2 Å². The van der Waals surface area contributed by atoms with Crippen LogP contribution in [0.5, 0.6) is 0 Å². The Morgan fingerprint density at radius 3 is 2.18 bits per heavy atom. The molecule has 0 atom stereocenters. The average Bonchev–Trinajstić information content (AvgIpc) is 2.05. The summed E-state index contributed by atoms with van der Waals surface area (Å²) >= 11 is 0. The summed E-state index contributed by atoms with van der Waals surface area (Å²) in [6, 6.07) is 10.2. The Labute approximate surface area is 68.0 Å². The van der Waals surface area contributed by atoms with E-state index < -0.39 is 0 Å². The van der Waals surface area contributed by atoms with Gasteiger partial charge >= 0.3 is 0 Å². The van der Waals surface area contributed by atoms with Crippen LogP contribution in [0.15, 0.2) is 36.9 Å². The van der Waals surface area contributed by atoms with E-state index in [1.54, 1.807) is 0 Å². The monoisotopic (exact) mass is 147 g/mol. The van der Waals surface area contributed by atoms with Crippen LogP contribution in [-0.2, 0) is 0 Å². The van der Waals surface area contributed by atoms with Crippen molar-refractivity contribution in [3.63, 3.8) is 0 Å². The van der Waals surface area contributed by atoms with Crippen molar-refractivity contribution < 1.29 is 0 Å². The average molecular weight is 147 g/mol. The van der Waals surface area contributed by atoms with Crippen LogP contribution >= 0.6 is 0 Å². The molecule has 0 aliphatic rings. The maximum atomic E-state index is 3.95. The van der Waals surface area contributed by atoms with Gasteiger partial charge in [0.05, 0.1) is 0 Å². The molecular weight excluding hydrogens is 134 g/mol. The molecule has 0 spiro atoms. The maximum absolute atomic E-state index is 3.95. The fourth-order valence-corrected chi connectivity index (χ4v) is 0.889. The number of benzene rings is 1. The Hall–Kier alpha value is -1.24. The molecule has 1 nitrogen and oxygen atoms in total. The van der Waals surface area contributed by atoms with E-state index in [0.29, 0.717) is 0 Å². The number of rotatable bonds is 2. The molecule has 0 heterocycles. The quantitative estimate of drug-likeness (QED) is 0.620. The maximum Gasteiger partial charge on any atom is 0.0361 e. The molecule has 0 bridgehead atoms. The summed E-state index contributed by atoms with van der Waals surface area (Å²) in [5.41, 5.74) is 2.23. The highest BCUT2D eigenvalue weighted by Crippen LogP contribution is 2.12. The van der Waals surface area contributed by atoms with Crippen LogP contribution in [-0.4, -0.2) is 19.0 Å². The van der Waals surface area contributed by atoms with Crippen molar-refractivity contribution in [3.8, 4) is 0 Å². The summed E-state index contributed by atoms with van der Waals surface area (Å²) in [5.74, 6) is 0. The van der Waals surface area contributed by atoms with E-state index in [2.05, 4.69) is 18.7 Å². The van der Waals surface area contributed by atoms with Crippen LogP contribution in [0.3, 0.4) is 0 Å². The Morgan fingerprint density at radius 1 is 1.18 bits per heavy atom. The lowest BCUT2D eigenvalue weighted by molar-refractivity contribution is 0.593. The Bertz CT molecular complexity index is 236. The Balaban J connectivity index is 2.86. The number of nitrogens with zero attached hydrogens (tertiary/aromatic N) is 1. The molecule has 0 aromatic heterocycles. The molecule has 0 aliphatic heterocycles. The van der Waals surface area contributed by atoms with Crippen LogP contribution < -0.4 is 0 Å². The summed E-state index contributed by atoms with van der Waals surface area (Å²) in [4.78, 5) is 2.01. The molecule has 0 radical (unpaired) electrons. The van der Waals surface area contributed by atoms with Gasteiger partial charge in [-0.2, -0.15) is 0 Å². The molecule has 0 saturated heterocycles. The van der Waals surface area contributed by atoms with Gasteiger partial charge in [-0.1, -0.05) is 36.9 Å². The molecule has 1 aromatic rings. The molecule has 0 saturated carbocycles. The van der Waals surface area contributed by atoms with E-state index in [4.69, 9.17) is 0 Å². The molecule has 1 aromatic carbocycles. The zero-order chi connectivity index (χ0) is 8.27. The van der Waals surface area contributed by atoms with Crippen molar-refractivity contribution in [2.75, 3.05) is 14.1 Å². The van der Waals surface area contributed by atoms with Crippen molar-refractivity contribution >= 4 is 5.70 Å². The van der Waals surface area contributed by atoms with E-state index in [0.717, 1.165) is 5.70 Å². The summed E-state index contributed by atoms with van der Waals surface area (Å²) < 4.78 is 0. The normalized spacial score (nSPS) is 9.27. The lowest BCUT2D eigenvalue weighted by atomic mass is 10.2. The van der Waals surface area contributed by atoms with Gasteiger partial charge < -0.3 is 4.90 Å². The highest BCUT2D eigenvalue weighted by Gasteiger charge is 1.97. The third-order valence-electron chi connectivity index (χ3n) is 1.65. The van der Waals surface area contributed by atoms with E-state index >= 15 is 0 Å². The van der Waals surface area contributed by atoms with Crippen molar-refractivity contribution in [1.29, 1.82) is 0 Å². The lowest BCUT2D eigenvalue weighted by Gasteiger charge is -2.15. The Morgan fingerprint density at radius 2 is 1.73 bits per heavy atom. The van der Waals surface area contributed by atoms with Gasteiger partial charge in [-0.15, -0.1) is 0 Å². The molecule has 1 rings (SSSR count). The molecule has 0 fully saturated rings. The third-order valence-corrected chi connectivity index (χ3v) is 1.65. The minimum Gasteiger partial charge on any atom is -0.378 e. The first kappa shape index (κ1) is 7.86. The second-order valence-corrected chi connectivity index (χ2v) is 2.71. The van der Waals surface area contributed by atoms with Gasteiger partial charge in [0.1, 0.15) is 0 Å². The summed E-state index contributed by atoms with van der Waals surface area (Å²) in [6.45, 7) is 3.95. The number of hydrogen-bond acceptors (Lipinski definition) is 1. The van der Waals surface area contributed by atoms with Gasteiger partial charge in [-0.25, -0.2) is 0 Å². The SMILES string of the molecule is C=C(c1ccccc1)N(C)C. The van der Waals surface area contributed by atoms with E-state index in [9.17, 15) is 0 Å². The lowest BCUT2D eigenvalue weighted by Crippen LogP contribution is -2.08. The van der Waals surface area contributed by atoms with E-state index in [-0.39, 0.29) is 0 Å². The van der Waals surface area contributed by atoms with Gasteiger partial charge in [-0.05, 0) is 5.56 Å². The van der Waals surface area contributed by atoms with Crippen molar-refractivity contribution in [1.82, 2.24) is 4.90 Å². The molecule has 0 aliphatic carbocycles. The van der Waals surface area contributed by atoms with Gasteiger partial charge in [0.15, 0.2) is 0 Å². The summed E-state index contributed by atoms with van der Waals surface area (Å²) in [7, 11) is 3.99. The van der Waals surface area contributed by atoms with Crippen LogP contribution in [0, 0.1) is 0 Å². The molecule has 0 amide bonds. The fourth-order valence-electron chi connectivity index (χ4n) is 0.889. The van der Waals surface area contributed by atoms with Crippen LogP contribution in [0.4, 0.5) is 0 Å². The standard InChI is InChI=1S/C10H13N/c1-9(11(2)3)10-7-5-4-6-8-10/h4-8H,1H2,2-3H3. The minimum absolute atomic E-state index is 1.05. The molecule has 0 unspecified atom stereocenters. The van der Waals surface area contributed by atoms with Gasteiger partial charge in [0.25, 0.3) is 0 Å². The zero-order valence-corrected chi connectivity index (χ0v) is 7.04. The summed E-state index contributed by atoms with van der Waals surface area (Å²) in [6.07, 6.45) is 0. The molecule has 58 valence electrons. The van der Waals surface area contributed by atoms with Crippen LogP contribution in [0.25, 0.3) is 5.70 Å². The smallest absolute Gasteiger partial charge is 0.0361 e. The first-order chi connectivity index (χ1) is 5.22. The van der Waals surface area contributed by atoms with Crippen LogP contribution in [0.1, 0.15) is 5.56 Å². The van der Waals surface area contributed by atoms with Gasteiger partial charge in [-0.3, -0.25) is 0 Å². The van der Waals surface area contributed by atoms with Crippen molar-refractivity contribution in [3.05, 3.63) is 42.5 Å². The number of hydrogen-bond donors (Lipinski definition) is 0. The highest BCUT2D eigenvalue weighted by molar-refractivity contribution is 5.60. The second-order valence-electron chi connectivity index (χ2n) is 2.71. The van der Waals surface area contributed by atoms with Gasteiger partial charge in [0, 0.05) is 19.8 Å². The predicted molar refractivity (Wildman–Crippen MR) is 49.2 cm³/mol. The first-order valence-electron chi connectivity index (χ1n) is 3.63. The third kappa shape index (κ3) is 1.84. The molecule has 0 N–H and O–H groups in total. The molecular formula is C10H13N.